The highest BCUT2D eigenvalue weighted by atomic mass is 19.1. The maximum Gasteiger partial charge on any atom is 0.330 e. The van der Waals surface area contributed by atoms with E-state index in [4.69, 9.17) is 9.57 Å². The van der Waals surface area contributed by atoms with Gasteiger partial charge in [-0.15, -0.1) is 10.2 Å². The minimum absolute atomic E-state index is 0.234. The van der Waals surface area contributed by atoms with E-state index < -0.39 is 17.0 Å². The smallest absolute Gasteiger partial charge is 0.330 e. The van der Waals surface area contributed by atoms with Crippen molar-refractivity contribution >= 4 is 16.9 Å². The second-order valence-electron chi connectivity index (χ2n) is 10.0. The number of hydrogen-bond donors (Lipinski definition) is 0. The molecule has 1 saturated heterocycles. The van der Waals surface area contributed by atoms with Crippen molar-refractivity contribution in [2.45, 2.75) is 40.5 Å². The van der Waals surface area contributed by atoms with Crippen LogP contribution < -0.4 is 4.74 Å². The van der Waals surface area contributed by atoms with Crippen LogP contribution in [0.3, 0.4) is 0 Å². The number of rotatable bonds is 5. The van der Waals surface area contributed by atoms with E-state index in [1.165, 1.54) is 22.9 Å². The van der Waals surface area contributed by atoms with Gasteiger partial charge >= 0.3 is 5.97 Å². The maximum atomic E-state index is 14.4. The van der Waals surface area contributed by atoms with Gasteiger partial charge in [-0.3, -0.25) is 0 Å². The zero-order valence-corrected chi connectivity index (χ0v) is 19.4. The molecule has 1 atom stereocenters. The van der Waals surface area contributed by atoms with Gasteiger partial charge in [0.25, 0.3) is 0 Å². The Morgan fingerprint density at radius 1 is 1.18 bits per heavy atom. The topological polar surface area (TPSA) is 56.6 Å². The fourth-order valence-corrected chi connectivity index (χ4v) is 3.94. The van der Waals surface area contributed by atoms with E-state index in [1.54, 1.807) is 29.3 Å². The van der Waals surface area contributed by atoms with Crippen LogP contribution in [0.15, 0.2) is 42.5 Å². The molecule has 176 valence electrons. The van der Waals surface area contributed by atoms with Crippen LogP contribution in [0, 0.1) is 22.5 Å². The number of hydrogen-bond acceptors (Lipinski definition) is 5. The normalized spacial score (nSPS) is 19.6. The first kappa shape index (κ1) is 23.2. The summed E-state index contributed by atoms with van der Waals surface area (Å²) in [5.74, 6) is -0.909. The first-order valence-electron chi connectivity index (χ1n) is 11.1. The van der Waals surface area contributed by atoms with E-state index in [0.717, 1.165) is 12.8 Å². The summed E-state index contributed by atoms with van der Waals surface area (Å²) in [5.41, 5.74) is -0.0933. The zero-order valence-electron chi connectivity index (χ0n) is 19.4. The lowest BCUT2D eigenvalue weighted by molar-refractivity contribution is -0.214. The van der Waals surface area contributed by atoms with Crippen molar-refractivity contribution < 1.29 is 23.1 Å². The molecular weight excluding hydrogens is 428 g/mol. The van der Waals surface area contributed by atoms with Crippen LogP contribution in [-0.4, -0.2) is 40.5 Å². The molecule has 3 aromatic rings. The standard InChI is InChI=1S/C25H29F2N3O3/c1-24(2,3)23(31)33-29-13-7-12-25(4,15-29)16-32-22-18-14-17(26)10-11-20(18)30(28-22)21-9-6-5-8-19(21)27/h5-6,8-11,14H,7,12-13,15-16H2,1-4H3. The van der Waals surface area contributed by atoms with E-state index in [2.05, 4.69) is 12.0 Å². The van der Waals surface area contributed by atoms with Crippen LogP contribution >= 0.6 is 0 Å². The predicted molar refractivity (Wildman–Crippen MR) is 121 cm³/mol. The molecule has 0 N–H and O–H groups in total. The van der Waals surface area contributed by atoms with Gasteiger partial charge in [0, 0.05) is 18.5 Å². The molecule has 1 unspecified atom stereocenters. The highest BCUT2D eigenvalue weighted by Crippen LogP contribution is 2.34. The molecule has 1 aliphatic rings. The Kier molecular flexibility index (Phi) is 6.14. The lowest BCUT2D eigenvalue weighted by atomic mass is 9.83. The molecule has 1 aliphatic heterocycles. The number of benzene rings is 2. The van der Waals surface area contributed by atoms with Gasteiger partial charge in [-0.05, 0) is 63.9 Å². The largest absolute Gasteiger partial charge is 0.476 e. The van der Waals surface area contributed by atoms with E-state index >= 15 is 0 Å². The maximum absolute atomic E-state index is 14.4. The van der Waals surface area contributed by atoms with Gasteiger partial charge in [0.1, 0.15) is 17.3 Å². The van der Waals surface area contributed by atoms with E-state index in [0.29, 0.717) is 24.0 Å². The molecule has 0 bridgehead atoms. The van der Waals surface area contributed by atoms with Crippen LogP contribution in [-0.2, 0) is 9.63 Å². The second kappa shape index (κ2) is 8.74. The third-order valence-electron chi connectivity index (χ3n) is 5.82. The molecule has 0 saturated carbocycles. The minimum atomic E-state index is -0.590. The first-order valence-corrected chi connectivity index (χ1v) is 11.1. The van der Waals surface area contributed by atoms with Gasteiger partial charge in [0.05, 0.1) is 22.9 Å². The number of para-hydroxylation sites is 1. The van der Waals surface area contributed by atoms with Gasteiger partial charge in [-0.25, -0.2) is 18.3 Å². The number of halogens is 2. The van der Waals surface area contributed by atoms with Crippen molar-refractivity contribution in [1.82, 2.24) is 14.8 Å². The molecular formula is C25H29F2N3O3. The number of nitrogens with zero attached hydrogens (tertiary/aromatic N) is 3. The number of ether oxygens (including phenoxy) is 1. The molecule has 0 amide bonds. The minimum Gasteiger partial charge on any atom is -0.476 e. The fourth-order valence-electron chi connectivity index (χ4n) is 3.94. The Bertz CT molecular complexity index is 1170. The second-order valence-corrected chi connectivity index (χ2v) is 10.0. The van der Waals surface area contributed by atoms with Gasteiger partial charge in [-0.2, -0.15) is 0 Å². The average Bonchev–Trinajstić information content (AvgIpc) is 3.09. The lowest BCUT2D eigenvalue weighted by Gasteiger charge is -2.39. The molecule has 1 aromatic heterocycles. The highest BCUT2D eigenvalue weighted by Gasteiger charge is 2.36. The van der Waals surface area contributed by atoms with Crippen molar-refractivity contribution in [1.29, 1.82) is 0 Å². The summed E-state index contributed by atoms with van der Waals surface area (Å²) in [4.78, 5) is 17.9. The molecule has 1 fully saturated rings. The number of carbonyl (C=O) groups excluding carboxylic acids is 1. The summed E-state index contributed by atoms with van der Waals surface area (Å²) in [6.07, 6.45) is 1.72. The van der Waals surface area contributed by atoms with Crippen molar-refractivity contribution in [3.8, 4) is 11.6 Å². The quantitative estimate of drug-likeness (QED) is 0.521. The fraction of sp³-hybridized carbons (Fsp3) is 0.440. The monoisotopic (exact) mass is 457 g/mol. The van der Waals surface area contributed by atoms with Gasteiger partial charge in [0.2, 0.25) is 5.88 Å². The lowest BCUT2D eigenvalue weighted by Crippen LogP contribution is -2.46. The molecule has 6 nitrogen and oxygen atoms in total. The number of hydroxylamine groups is 2. The molecule has 2 heterocycles. The van der Waals surface area contributed by atoms with Crippen molar-refractivity contribution in [2.24, 2.45) is 10.8 Å². The third kappa shape index (κ3) is 5.00. The molecule has 33 heavy (non-hydrogen) atoms. The highest BCUT2D eigenvalue weighted by molar-refractivity contribution is 5.86. The van der Waals surface area contributed by atoms with E-state index in [-0.39, 0.29) is 29.6 Å². The average molecular weight is 458 g/mol. The Hall–Kier alpha value is -3.00. The van der Waals surface area contributed by atoms with Crippen LogP contribution in [0.25, 0.3) is 16.6 Å². The Labute approximate surface area is 192 Å². The SMILES string of the molecule is CC1(COc2nn(-c3ccccc3F)c3ccc(F)cc23)CCCN(OC(=O)C(C)(C)C)C1. The summed E-state index contributed by atoms with van der Waals surface area (Å²) >= 11 is 0. The molecule has 2 aromatic carbocycles. The number of fused-ring (bicyclic) bond motifs is 1. The molecule has 0 radical (unpaired) electrons. The zero-order chi connectivity index (χ0) is 23.8. The summed E-state index contributed by atoms with van der Waals surface area (Å²) in [6.45, 7) is 8.97. The molecule has 4 rings (SSSR count). The predicted octanol–water partition coefficient (Wildman–Crippen LogP) is 5.29. The van der Waals surface area contributed by atoms with Gasteiger partial charge in [0.15, 0.2) is 0 Å². The van der Waals surface area contributed by atoms with Crippen LogP contribution in [0.4, 0.5) is 8.78 Å². The summed E-state index contributed by atoms with van der Waals surface area (Å²) in [5, 5.41) is 6.62. The van der Waals surface area contributed by atoms with Crippen LogP contribution in [0.1, 0.15) is 40.5 Å². The Balaban J connectivity index is 1.56. The van der Waals surface area contributed by atoms with Crippen molar-refractivity contribution in [2.75, 3.05) is 19.7 Å². The summed E-state index contributed by atoms with van der Waals surface area (Å²) in [6, 6.07) is 10.5. The Morgan fingerprint density at radius 2 is 1.94 bits per heavy atom. The summed E-state index contributed by atoms with van der Waals surface area (Å²) in [7, 11) is 0. The molecule has 8 heteroatoms. The van der Waals surface area contributed by atoms with Gasteiger partial charge in [-0.1, -0.05) is 19.1 Å². The summed E-state index contributed by atoms with van der Waals surface area (Å²) < 4.78 is 36.0. The van der Waals surface area contributed by atoms with E-state index in [9.17, 15) is 13.6 Å². The van der Waals surface area contributed by atoms with Crippen LogP contribution in [0.5, 0.6) is 5.88 Å². The van der Waals surface area contributed by atoms with Crippen LogP contribution in [0.2, 0.25) is 0 Å². The number of carbonyl (C=O) groups is 1. The molecule has 0 spiro atoms. The first-order chi connectivity index (χ1) is 15.6. The third-order valence-corrected chi connectivity index (χ3v) is 5.82. The van der Waals surface area contributed by atoms with E-state index in [1.807, 2.05) is 20.8 Å². The Morgan fingerprint density at radius 3 is 2.67 bits per heavy atom. The van der Waals surface area contributed by atoms with Crippen molar-refractivity contribution in [3.05, 3.63) is 54.1 Å². The van der Waals surface area contributed by atoms with Gasteiger partial charge < -0.3 is 9.57 Å². The van der Waals surface area contributed by atoms with Crippen molar-refractivity contribution in [3.63, 3.8) is 0 Å². The number of piperidine rings is 1. The molecule has 0 aliphatic carbocycles. The number of aromatic nitrogens is 2.